The number of fused-ring (bicyclic) bond motifs is 1. The number of nitrogens with zero attached hydrogens (tertiary/aromatic N) is 3. The minimum atomic E-state index is -3.87. The van der Waals surface area contributed by atoms with Gasteiger partial charge in [0.25, 0.3) is 0 Å². The van der Waals surface area contributed by atoms with E-state index in [4.69, 9.17) is 4.74 Å². The summed E-state index contributed by atoms with van der Waals surface area (Å²) in [6.07, 6.45) is 3.82. The van der Waals surface area contributed by atoms with E-state index in [9.17, 15) is 27.1 Å². The fraction of sp³-hybridized carbons (Fsp3) is 0.440. The average Bonchev–Trinajstić information content (AvgIpc) is 3.38. The number of aliphatic carboxylic acids is 1. The lowest BCUT2D eigenvalue weighted by molar-refractivity contribution is -0.136. The van der Waals surface area contributed by atoms with Crippen LogP contribution in [-0.2, 0) is 21.2 Å². The number of sulfonamides is 1. The van der Waals surface area contributed by atoms with Crippen LogP contribution in [0.25, 0.3) is 10.9 Å². The van der Waals surface area contributed by atoms with Crippen LogP contribution in [0.15, 0.2) is 47.4 Å². The molecule has 0 spiro atoms. The number of rotatable bonds is 9. The molecule has 1 saturated heterocycles. The number of carboxylic acids is 1. The second kappa shape index (κ2) is 9.78. The third-order valence-electron chi connectivity index (χ3n) is 7.30. The lowest BCUT2D eigenvalue weighted by Gasteiger charge is -2.30. The molecule has 0 amide bonds. The van der Waals surface area contributed by atoms with E-state index in [0.29, 0.717) is 22.5 Å². The van der Waals surface area contributed by atoms with Gasteiger partial charge in [-0.25, -0.2) is 17.2 Å². The van der Waals surface area contributed by atoms with Crippen molar-refractivity contribution in [3.63, 3.8) is 0 Å². The normalized spacial score (nSPS) is 21.1. The maximum absolute atomic E-state index is 14.2. The molecule has 2 aliphatic rings. The second-order valence-corrected chi connectivity index (χ2v) is 11.5. The van der Waals surface area contributed by atoms with Crippen LogP contribution in [-0.4, -0.2) is 53.5 Å². The Kier molecular flexibility index (Phi) is 6.69. The van der Waals surface area contributed by atoms with Crippen molar-refractivity contribution in [2.75, 3.05) is 20.0 Å². The van der Waals surface area contributed by atoms with Gasteiger partial charge in [0.05, 0.1) is 28.6 Å². The van der Waals surface area contributed by atoms with Crippen LogP contribution in [0.3, 0.4) is 0 Å². The molecule has 11 heteroatoms. The highest BCUT2D eigenvalue weighted by Gasteiger charge is 2.42. The van der Waals surface area contributed by atoms with E-state index in [1.54, 1.807) is 4.68 Å². The molecule has 1 N–H and O–H groups in total. The van der Waals surface area contributed by atoms with Crippen molar-refractivity contribution in [1.82, 2.24) is 14.1 Å². The lowest BCUT2D eigenvalue weighted by Crippen LogP contribution is -2.29. The first-order valence-electron chi connectivity index (χ1n) is 11.9. The van der Waals surface area contributed by atoms with Crippen molar-refractivity contribution in [2.45, 2.75) is 43.0 Å². The number of aromatic nitrogens is 2. The van der Waals surface area contributed by atoms with Gasteiger partial charge >= 0.3 is 5.97 Å². The van der Waals surface area contributed by atoms with E-state index >= 15 is 0 Å². The van der Waals surface area contributed by atoms with E-state index in [1.807, 2.05) is 0 Å². The molecule has 8 nitrogen and oxygen atoms in total. The van der Waals surface area contributed by atoms with Crippen molar-refractivity contribution in [2.24, 2.45) is 11.8 Å². The molecule has 5 rings (SSSR count). The van der Waals surface area contributed by atoms with Gasteiger partial charge in [0.2, 0.25) is 16.9 Å². The Labute approximate surface area is 207 Å². The van der Waals surface area contributed by atoms with Crippen LogP contribution < -0.4 is 4.74 Å². The van der Waals surface area contributed by atoms with Crippen LogP contribution in [0.5, 0.6) is 5.75 Å². The quantitative estimate of drug-likeness (QED) is 0.456. The minimum Gasteiger partial charge on any atom is -0.481 e. The second-order valence-electron chi connectivity index (χ2n) is 9.53. The summed E-state index contributed by atoms with van der Waals surface area (Å²) in [5.41, 5.74) is 0.784. The number of hydrogen-bond donors (Lipinski definition) is 1. The van der Waals surface area contributed by atoms with Crippen LogP contribution in [0.2, 0.25) is 0 Å². The third-order valence-corrected chi connectivity index (χ3v) is 9.14. The highest BCUT2D eigenvalue weighted by Crippen LogP contribution is 2.42. The first kappa shape index (κ1) is 24.6. The summed E-state index contributed by atoms with van der Waals surface area (Å²) in [5, 5.41) is 14.5. The zero-order valence-electron chi connectivity index (χ0n) is 19.5. The Hall–Kier alpha value is -3.05. The number of benzene rings is 2. The Balaban J connectivity index is 1.51. The fourth-order valence-corrected chi connectivity index (χ4v) is 6.81. The van der Waals surface area contributed by atoms with Crippen molar-refractivity contribution in [1.29, 1.82) is 0 Å². The van der Waals surface area contributed by atoms with E-state index in [1.165, 1.54) is 46.8 Å². The Bertz CT molecular complexity index is 1370. The summed E-state index contributed by atoms with van der Waals surface area (Å²) >= 11 is 0. The summed E-state index contributed by atoms with van der Waals surface area (Å²) in [6, 6.07) is 9.35. The van der Waals surface area contributed by atoms with Gasteiger partial charge in [0, 0.05) is 18.5 Å². The molecule has 1 aliphatic heterocycles. The summed E-state index contributed by atoms with van der Waals surface area (Å²) in [5.74, 6) is -0.862. The molecule has 2 fully saturated rings. The molecule has 1 aromatic heterocycles. The Morgan fingerprint density at radius 2 is 1.89 bits per heavy atom. The lowest BCUT2D eigenvalue weighted by atomic mass is 9.78. The number of ether oxygens (including phenoxy) is 1. The molecule has 0 unspecified atom stereocenters. The highest BCUT2D eigenvalue weighted by atomic mass is 32.2. The molecule has 0 bridgehead atoms. The SMILES string of the molecule is O=C(O)Cc1nn([C@H]2CN(S(=O)(=O)c3ccc(OCF)cc3)C[C@H]2CC2CCC2)c2cc(F)ccc12. The Morgan fingerprint density at radius 1 is 1.14 bits per heavy atom. The smallest absolute Gasteiger partial charge is 0.309 e. The molecular weight excluding hydrogens is 492 g/mol. The molecule has 192 valence electrons. The zero-order valence-corrected chi connectivity index (χ0v) is 20.3. The van der Waals surface area contributed by atoms with Crippen LogP contribution in [0.1, 0.15) is 37.4 Å². The van der Waals surface area contributed by atoms with Gasteiger partial charge < -0.3 is 9.84 Å². The van der Waals surface area contributed by atoms with Crippen molar-refractivity contribution in [3.8, 4) is 5.75 Å². The summed E-state index contributed by atoms with van der Waals surface area (Å²) in [6.45, 7) is -0.607. The van der Waals surface area contributed by atoms with Crippen molar-refractivity contribution >= 4 is 26.9 Å². The van der Waals surface area contributed by atoms with Crippen LogP contribution in [0, 0.1) is 17.7 Å². The number of carboxylic acid groups (broad SMARTS) is 1. The van der Waals surface area contributed by atoms with Crippen LogP contribution >= 0.6 is 0 Å². The molecule has 2 aromatic carbocycles. The molecule has 1 aliphatic carbocycles. The largest absolute Gasteiger partial charge is 0.481 e. The van der Waals surface area contributed by atoms with Gasteiger partial charge in [-0.1, -0.05) is 19.3 Å². The molecule has 2 heterocycles. The monoisotopic (exact) mass is 519 g/mol. The van der Waals surface area contributed by atoms with Gasteiger partial charge in [-0.3, -0.25) is 9.48 Å². The summed E-state index contributed by atoms with van der Waals surface area (Å²) in [4.78, 5) is 11.5. The first-order chi connectivity index (χ1) is 17.3. The number of hydrogen-bond acceptors (Lipinski definition) is 5. The van der Waals surface area contributed by atoms with E-state index in [2.05, 4.69) is 5.10 Å². The van der Waals surface area contributed by atoms with Gasteiger partial charge in [-0.2, -0.15) is 9.40 Å². The highest BCUT2D eigenvalue weighted by molar-refractivity contribution is 7.89. The van der Waals surface area contributed by atoms with E-state index in [-0.39, 0.29) is 42.1 Å². The number of halogens is 2. The maximum atomic E-state index is 14.2. The third kappa shape index (κ3) is 4.69. The average molecular weight is 520 g/mol. The Morgan fingerprint density at radius 3 is 2.53 bits per heavy atom. The van der Waals surface area contributed by atoms with E-state index in [0.717, 1.165) is 25.7 Å². The van der Waals surface area contributed by atoms with Crippen LogP contribution in [0.4, 0.5) is 8.78 Å². The zero-order chi connectivity index (χ0) is 25.4. The van der Waals surface area contributed by atoms with Gasteiger partial charge in [-0.15, -0.1) is 0 Å². The summed E-state index contributed by atoms with van der Waals surface area (Å²) in [7, 11) is -3.87. The van der Waals surface area contributed by atoms with Gasteiger partial charge in [-0.05, 0) is 60.7 Å². The molecule has 0 radical (unpaired) electrons. The molecule has 3 aromatic rings. The molecule has 1 saturated carbocycles. The van der Waals surface area contributed by atoms with Crippen molar-refractivity contribution in [3.05, 3.63) is 54.0 Å². The fourth-order valence-electron chi connectivity index (χ4n) is 5.30. The topological polar surface area (TPSA) is 102 Å². The number of alkyl halides is 1. The maximum Gasteiger partial charge on any atom is 0.309 e. The van der Waals surface area contributed by atoms with E-state index < -0.39 is 28.7 Å². The first-order valence-corrected chi connectivity index (χ1v) is 13.4. The minimum absolute atomic E-state index is 0.0664. The predicted molar refractivity (Wildman–Crippen MR) is 127 cm³/mol. The number of carbonyl (C=O) groups is 1. The van der Waals surface area contributed by atoms with Crippen molar-refractivity contribution < 1.29 is 31.8 Å². The molecular formula is C25H27F2N3O5S. The summed E-state index contributed by atoms with van der Waals surface area (Å²) < 4.78 is 61.5. The van der Waals surface area contributed by atoms with Gasteiger partial charge in [0.1, 0.15) is 11.6 Å². The standard InChI is InChI=1S/C25H27F2N3O5S/c26-15-35-19-5-7-20(8-6-19)36(33,34)29-13-17(10-16-2-1-3-16)24(14-29)30-23-11-18(27)4-9-21(23)22(28-30)12-25(31)32/h4-9,11,16-17,24H,1-3,10,12-15H2,(H,31,32)/t17-,24+/m1/s1. The predicted octanol–water partition coefficient (Wildman–Crippen LogP) is 4.16. The molecule has 36 heavy (non-hydrogen) atoms. The molecule has 2 atom stereocenters. The van der Waals surface area contributed by atoms with Gasteiger partial charge in [0.15, 0.2) is 0 Å².